The van der Waals surface area contributed by atoms with Crippen LogP contribution in [0.5, 0.6) is 0 Å². The molecule has 2 atom stereocenters. The van der Waals surface area contributed by atoms with Gasteiger partial charge in [-0.05, 0) is 11.0 Å². The highest BCUT2D eigenvalue weighted by Gasteiger charge is 2.42. The molecule has 1 saturated heterocycles. The summed E-state index contributed by atoms with van der Waals surface area (Å²) < 4.78 is 13.6. The van der Waals surface area contributed by atoms with Crippen molar-refractivity contribution in [1.29, 1.82) is 0 Å². The van der Waals surface area contributed by atoms with Crippen LogP contribution in [0.15, 0.2) is 11.3 Å². The molecule has 4 heteroatoms. The first-order valence-electron chi connectivity index (χ1n) is 7.43. The summed E-state index contributed by atoms with van der Waals surface area (Å²) in [6, 6.07) is -0.317. The van der Waals surface area contributed by atoms with Gasteiger partial charge >= 0.3 is 0 Å². The minimum atomic E-state index is -0.886. The average Bonchev–Trinajstić information content (AvgIpc) is 2.54. The lowest BCUT2D eigenvalue weighted by atomic mass is 9.78. The van der Waals surface area contributed by atoms with Gasteiger partial charge in [0.25, 0.3) is 0 Å². The Morgan fingerprint density at radius 2 is 1.75 bits per heavy atom. The monoisotopic (exact) mass is 282 g/mol. The minimum Gasteiger partial charge on any atom is -0.328 e. The summed E-state index contributed by atoms with van der Waals surface area (Å²) in [7, 11) is 0. The Kier molecular flexibility index (Phi) is 3.74. The first kappa shape index (κ1) is 15.5. The number of hydrogen-bond donors (Lipinski definition) is 1. The third-order valence-corrected chi connectivity index (χ3v) is 4.22. The molecule has 0 aliphatic carbocycles. The van der Waals surface area contributed by atoms with E-state index in [1.54, 1.807) is 0 Å². The van der Waals surface area contributed by atoms with E-state index in [2.05, 4.69) is 46.9 Å². The first-order chi connectivity index (χ1) is 9.00. The molecule has 0 spiro atoms. The molecule has 0 unspecified atom stereocenters. The summed E-state index contributed by atoms with van der Waals surface area (Å²) in [6.07, 6.45) is -0.566. The van der Waals surface area contributed by atoms with E-state index in [0.717, 1.165) is 5.70 Å². The summed E-state index contributed by atoms with van der Waals surface area (Å²) in [4.78, 5) is 14.4. The summed E-state index contributed by atoms with van der Waals surface area (Å²) in [6.45, 7) is 13.9. The second kappa shape index (κ2) is 4.83. The Morgan fingerprint density at radius 3 is 2.25 bits per heavy atom. The smallest absolute Gasteiger partial charge is 0.241 e. The fourth-order valence-corrected chi connectivity index (χ4v) is 3.11. The van der Waals surface area contributed by atoms with Gasteiger partial charge in [-0.3, -0.25) is 9.69 Å². The number of nitrogens with one attached hydrogen (secondary N) is 1. The third-order valence-electron chi connectivity index (χ3n) is 4.22. The second-order valence-corrected chi connectivity index (χ2v) is 8.12. The molecule has 2 rings (SSSR count). The zero-order chi connectivity index (χ0) is 15.3. The van der Waals surface area contributed by atoms with Gasteiger partial charge in [0.15, 0.2) is 0 Å². The largest absolute Gasteiger partial charge is 0.328 e. The summed E-state index contributed by atoms with van der Waals surface area (Å²) in [5, 5.41) is 3.10. The maximum Gasteiger partial charge on any atom is 0.241 e. The van der Waals surface area contributed by atoms with Gasteiger partial charge in [-0.1, -0.05) is 41.5 Å². The maximum atomic E-state index is 13.6. The predicted octanol–water partition coefficient (Wildman–Crippen LogP) is 2.87. The highest BCUT2D eigenvalue weighted by atomic mass is 19.1. The number of amides is 1. The molecule has 2 heterocycles. The molecular formula is C16H27FN2O. The van der Waals surface area contributed by atoms with E-state index in [1.165, 1.54) is 5.57 Å². The van der Waals surface area contributed by atoms with Gasteiger partial charge < -0.3 is 5.32 Å². The number of halogens is 1. The van der Waals surface area contributed by atoms with Gasteiger partial charge in [-0.25, -0.2) is 4.39 Å². The SMILES string of the molecule is CC(C)(C)C1=C(C(C)(C)C)NC(=O)[C@@H]2C[C@H](F)CN2C1. The van der Waals surface area contributed by atoms with Crippen molar-refractivity contribution in [3.63, 3.8) is 0 Å². The standard InChI is InChI=1S/C16H27FN2O/c1-15(2,3)11-9-19-8-10(17)7-12(19)14(20)18-13(11)16(4,5)6/h10,12H,7-9H2,1-6H3,(H,18,20)/t10-,12-/m0/s1. The minimum absolute atomic E-state index is 0.0425. The number of fused-ring (bicyclic) bond motifs is 1. The fourth-order valence-electron chi connectivity index (χ4n) is 3.11. The van der Waals surface area contributed by atoms with Crippen LogP contribution in [0, 0.1) is 10.8 Å². The predicted molar refractivity (Wildman–Crippen MR) is 79.0 cm³/mol. The number of allylic oxidation sites excluding steroid dienone is 1. The lowest BCUT2D eigenvalue weighted by Gasteiger charge is -2.33. The lowest BCUT2D eigenvalue weighted by Crippen LogP contribution is -2.41. The fraction of sp³-hybridized carbons (Fsp3) is 0.812. The van der Waals surface area contributed by atoms with Crippen LogP contribution in [-0.4, -0.2) is 36.1 Å². The molecule has 2 aliphatic heterocycles. The van der Waals surface area contributed by atoms with Crippen molar-refractivity contribution in [2.45, 2.75) is 60.2 Å². The molecule has 0 radical (unpaired) electrons. The van der Waals surface area contributed by atoms with Crippen molar-refractivity contribution in [2.24, 2.45) is 10.8 Å². The van der Waals surface area contributed by atoms with E-state index >= 15 is 0 Å². The number of hydrogen-bond acceptors (Lipinski definition) is 2. The number of rotatable bonds is 0. The molecule has 0 bridgehead atoms. The van der Waals surface area contributed by atoms with Gasteiger partial charge in [0, 0.05) is 30.6 Å². The Hall–Kier alpha value is -0.900. The van der Waals surface area contributed by atoms with Crippen molar-refractivity contribution in [3.05, 3.63) is 11.3 Å². The summed E-state index contributed by atoms with van der Waals surface area (Å²) in [5.41, 5.74) is 2.07. The number of nitrogens with zero attached hydrogens (tertiary/aromatic N) is 1. The van der Waals surface area contributed by atoms with Gasteiger partial charge in [0.2, 0.25) is 5.91 Å². The molecule has 0 saturated carbocycles. The van der Waals surface area contributed by atoms with Crippen LogP contribution in [0.1, 0.15) is 48.0 Å². The van der Waals surface area contributed by atoms with Gasteiger partial charge in [-0.2, -0.15) is 0 Å². The molecule has 1 amide bonds. The Bertz CT molecular complexity index is 442. The highest BCUT2D eigenvalue weighted by Crippen LogP contribution is 2.38. The van der Waals surface area contributed by atoms with Crippen molar-refractivity contribution in [1.82, 2.24) is 10.2 Å². The molecule has 3 nitrogen and oxygen atoms in total. The van der Waals surface area contributed by atoms with Crippen LogP contribution in [-0.2, 0) is 4.79 Å². The van der Waals surface area contributed by atoms with Crippen LogP contribution in [0.4, 0.5) is 4.39 Å². The molecule has 0 aromatic heterocycles. The van der Waals surface area contributed by atoms with E-state index < -0.39 is 6.17 Å². The molecular weight excluding hydrogens is 255 g/mol. The van der Waals surface area contributed by atoms with Crippen molar-refractivity contribution >= 4 is 5.91 Å². The average molecular weight is 282 g/mol. The van der Waals surface area contributed by atoms with E-state index in [1.807, 2.05) is 4.90 Å². The number of carbonyl (C=O) groups excluding carboxylic acids is 1. The van der Waals surface area contributed by atoms with E-state index in [0.29, 0.717) is 19.5 Å². The molecule has 0 aromatic rings. The highest BCUT2D eigenvalue weighted by molar-refractivity contribution is 5.84. The molecule has 2 aliphatic rings. The molecule has 0 aromatic carbocycles. The normalized spacial score (nSPS) is 29.2. The van der Waals surface area contributed by atoms with Crippen LogP contribution >= 0.6 is 0 Å². The quantitative estimate of drug-likeness (QED) is 0.741. The van der Waals surface area contributed by atoms with Gasteiger partial charge in [0.05, 0.1) is 6.04 Å². The Labute approximate surface area is 121 Å². The van der Waals surface area contributed by atoms with Gasteiger partial charge in [0.1, 0.15) is 6.17 Å². The van der Waals surface area contributed by atoms with E-state index in [4.69, 9.17) is 0 Å². The molecule has 1 N–H and O–H groups in total. The third kappa shape index (κ3) is 2.90. The maximum absolute atomic E-state index is 13.6. The van der Waals surface area contributed by atoms with E-state index in [9.17, 15) is 9.18 Å². The van der Waals surface area contributed by atoms with Crippen molar-refractivity contribution in [3.8, 4) is 0 Å². The zero-order valence-corrected chi connectivity index (χ0v) is 13.5. The Balaban J connectivity index is 2.46. The summed E-state index contributed by atoms with van der Waals surface area (Å²) in [5.74, 6) is -0.0469. The molecule has 1 fully saturated rings. The van der Waals surface area contributed by atoms with Crippen molar-refractivity contribution in [2.75, 3.05) is 13.1 Å². The van der Waals surface area contributed by atoms with E-state index in [-0.39, 0.29) is 22.8 Å². The van der Waals surface area contributed by atoms with Crippen LogP contribution in [0.2, 0.25) is 0 Å². The van der Waals surface area contributed by atoms with Crippen LogP contribution < -0.4 is 5.32 Å². The number of alkyl halides is 1. The Morgan fingerprint density at radius 1 is 1.15 bits per heavy atom. The van der Waals surface area contributed by atoms with Crippen LogP contribution in [0.25, 0.3) is 0 Å². The number of carbonyl (C=O) groups is 1. The first-order valence-corrected chi connectivity index (χ1v) is 7.43. The van der Waals surface area contributed by atoms with Crippen LogP contribution in [0.3, 0.4) is 0 Å². The topological polar surface area (TPSA) is 32.3 Å². The molecule has 114 valence electrons. The zero-order valence-electron chi connectivity index (χ0n) is 13.5. The second-order valence-electron chi connectivity index (χ2n) is 8.12. The molecule has 20 heavy (non-hydrogen) atoms. The van der Waals surface area contributed by atoms with Gasteiger partial charge in [-0.15, -0.1) is 0 Å². The van der Waals surface area contributed by atoms with Crippen molar-refractivity contribution < 1.29 is 9.18 Å². The summed E-state index contributed by atoms with van der Waals surface area (Å²) >= 11 is 0. The lowest BCUT2D eigenvalue weighted by molar-refractivity contribution is -0.124.